The van der Waals surface area contributed by atoms with Crippen LogP contribution in [0.4, 0.5) is 0 Å². The van der Waals surface area contributed by atoms with Gasteiger partial charge in [0.2, 0.25) is 0 Å². The van der Waals surface area contributed by atoms with Crippen molar-refractivity contribution in [2.75, 3.05) is 0 Å². The van der Waals surface area contributed by atoms with Gasteiger partial charge < -0.3 is 4.57 Å². The summed E-state index contributed by atoms with van der Waals surface area (Å²) in [4.78, 5) is 5.04. The van der Waals surface area contributed by atoms with E-state index >= 15 is 0 Å². The Morgan fingerprint density at radius 2 is 1.14 bits per heavy atom. The summed E-state index contributed by atoms with van der Waals surface area (Å²) in [5, 5.41) is 12.8. The zero-order valence-corrected chi connectivity index (χ0v) is 21.6. The van der Waals surface area contributed by atoms with Crippen LogP contribution in [0.3, 0.4) is 0 Å². The van der Waals surface area contributed by atoms with Crippen LogP contribution in [0.15, 0.2) is 97.1 Å². The maximum absolute atomic E-state index is 10.9. The smallest absolute Gasteiger partial charge is 0.131 e. The van der Waals surface area contributed by atoms with E-state index in [1.807, 2.05) is 97.1 Å². The quantitative estimate of drug-likeness (QED) is 0.212. The average molecular weight is 531 g/mol. The third-order valence-corrected chi connectivity index (χ3v) is 7.59. The van der Waals surface area contributed by atoms with Gasteiger partial charge in [-0.3, -0.25) is 0 Å². The molecule has 0 spiro atoms. The number of nitriles is 1. The van der Waals surface area contributed by atoms with Gasteiger partial charge in [-0.2, -0.15) is 5.26 Å². The monoisotopic (exact) mass is 529 g/mol. The van der Waals surface area contributed by atoms with Crippen molar-refractivity contribution >= 4 is 45.8 Å². The number of para-hydroxylation sites is 2. The molecule has 0 amide bonds. The summed E-state index contributed by atoms with van der Waals surface area (Å²) >= 11 is 19.8. The molecule has 0 bridgehead atoms. The Bertz CT molecular complexity index is 1530. The van der Waals surface area contributed by atoms with Crippen LogP contribution in [0.1, 0.15) is 22.5 Å². The minimum absolute atomic E-state index is 0.375. The van der Waals surface area contributed by atoms with Crippen LogP contribution in [0, 0.1) is 11.3 Å². The van der Waals surface area contributed by atoms with E-state index < -0.39 is 5.41 Å². The molecule has 178 valence electrons. The van der Waals surface area contributed by atoms with Gasteiger partial charge in [0.15, 0.2) is 0 Å². The van der Waals surface area contributed by atoms with Gasteiger partial charge in [0.1, 0.15) is 11.2 Å². The van der Waals surface area contributed by atoms with E-state index in [2.05, 4.69) is 10.6 Å². The first-order valence-electron chi connectivity index (χ1n) is 11.6. The topological polar surface area (TPSA) is 41.6 Å². The van der Waals surface area contributed by atoms with E-state index in [1.54, 1.807) is 0 Å². The summed E-state index contributed by atoms with van der Waals surface area (Å²) in [5.41, 5.74) is 3.41. The number of hydrogen-bond acceptors (Lipinski definition) is 2. The fraction of sp³-hybridized carbons (Fsp3) is 0.133. The number of fused-ring (bicyclic) bond motifs is 1. The first-order chi connectivity index (χ1) is 17.5. The molecule has 6 heteroatoms. The molecule has 0 fully saturated rings. The summed E-state index contributed by atoms with van der Waals surface area (Å²) in [5.74, 6) is 0.658. The number of benzene rings is 4. The lowest BCUT2D eigenvalue weighted by molar-refractivity contribution is 0.485. The fourth-order valence-corrected chi connectivity index (χ4v) is 5.28. The lowest BCUT2D eigenvalue weighted by atomic mass is 9.76. The highest BCUT2D eigenvalue weighted by Gasteiger charge is 2.39. The largest absolute Gasteiger partial charge is 0.322 e. The lowest BCUT2D eigenvalue weighted by Crippen LogP contribution is -2.34. The molecule has 3 nitrogen and oxygen atoms in total. The van der Waals surface area contributed by atoms with E-state index in [1.165, 1.54) is 0 Å². The van der Waals surface area contributed by atoms with Gasteiger partial charge in [-0.25, -0.2) is 4.98 Å². The zero-order valence-electron chi connectivity index (χ0n) is 19.3. The summed E-state index contributed by atoms with van der Waals surface area (Å²) < 4.78 is 2.10. The summed E-state index contributed by atoms with van der Waals surface area (Å²) in [6.07, 6.45) is 0.750. The molecule has 0 saturated heterocycles. The van der Waals surface area contributed by atoms with Crippen molar-refractivity contribution in [3.8, 4) is 6.07 Å². The first-order valence-corrected chi connectivity index (χ1v) is 12.7. The van der Waals surface area contributed by atoms with E-state index in [0.717, 1.165) is 27.7 Å². The Labute approximate surface area is 225 Å². The van der Waals surface area contributed by atoms with E-state index in [-0.39, 0.29) is 0 Å². The third-order valence-electron chi connectivity index (χ3n) is 6.48. The Morgan fingerprint density at radius 1 is 0.667 bits per heavy atom. The van der Waals surface area contributed by atoms with E-state index in [9.17, 15) is 5.26 Å². The van der Waals surface area contributed by atoms with Crippen LogP contribution >= 0.6 is 34.8 Å². The third kappa shape index (κ3) is 4.73. The van der Waals surface area contributed by atoms with E-state index in [0.29, 0.717) is 40.3 Å². The second-order valence-electron chi connectivity index (χ2n) is 8.83. The summed E-state index contributed by atoms with van der Waals surface area (Å²) in [7, 11) is 0. The lowest BCUT2D eigenvalue weighted by Gasteiger charge is -2.28. The Kier molecular flexibility index (Phi) is 7.03. The molecule has 0 aliphatic carbocycles. The van der Waals surface area contributed by atoms with Gasteiger partial charge in [0, 0.05) is 15.1 Å². The van der Waals surface area contributed by atoms with Crippen molar-refractivity contribution in [3.63, 3.8) is 0 Å². The maximum atomic E-state index is 10.9. The molecule has 0 aliphatic heterocycles. The van der Waals surface area contributed by atoms with Crippen LogP contribution in [0.2, 0.25) is 15.1 Å². The molecule has 0 N–H and O–H groups in total. The van der Waals surface area contributed by atoms with Crippen LogP contribution in [-0.2, 0) is 24.8 Å². The molecule has 1 aromatic heterocycles. The predicted molar refractivity (Wildman–Crippen MR) is 148 cm³/mol. The number of rotatable bonds is 7. The SMILES string of the molecule is N#CC(Cc1ccccc1Cl)(Cc1ccccc1Cl)c1nc2ccccc2n1Cc1ccccc1Cl. The Hall–Kier alpha value is -3.29. The average Bonchev–Trinajstić information content (AvgIpc) is 3.26. The number of hydrogen-bond donors (Lipinski definition) is 0. The molecule has 0 atom stereocenters. The number of aromatic nitrogens is 2. The van der Waals surface area contributed by atoms with Gasteiger partial charge >= 0.3 is 0 Å². The maximum Gasteiger partial charge on any atom is 0.131 e. The minimum atomic E-state index is -1.05. The van der Waals surface area contributed by atoms with Gasteiger partial charge in [0.25, 0.3) is 0 Å². The van der Waals surface area contributed by atoms with Gasteiger partial charge in [-0.1, -0.05) is 102 Å². The molecule has 5 rings (SSSR count). The van der Waals surface area contributed by atoms with Crippen LogP contribution < -0.4 is 0 Å². The zero-order chi connectivity index (χ0) is 25.1. The highest BCUT2D eigenvalue weighted by atomic mass is 35.5. The first kappa shape index (κ1) is 24.4. The predicted octanol–water partition coefficient (Wildman–Crippen LogP) is 8.29. The van der Waals surface area contributed by atoms with Crippen molar-refractivity contribution in [2.45, 2.75) is 24.8 Å². The van der Waals surface area contributed by atoms with Gasteiger partial charge in [-0.05, 0) is 59.9 Å². The second-order valence-corrected chi connectivity index (χ2v) is 10.1. The van der Waals surface area contributed by atoms with Crippen LogP contribution in [0.5, 0.6) is 0 Å². The van der Waals surface area contributed by atoms with E-state index in [4.69, 9.17) is 39.8 Å². The molecular weight excluding hydrogens is 509 g/mol. The molecule has 5 aromatic rings. The van der Waals surface area contributed by atoms with Crippen molar-refractivity contribution in [2.24, 2.45) is 0 Å². The molecule has 0 unspecified atom stereocenters. The normalized spacial score (nSPS) is 11.5. The minimum Gasteiger partial charge on any atom is -0.322 e. The van der Waals surface area contributed by atoms with Crippen molar-refractivity contribution in [3.05, 3.63) is 135 Å². The fourth-order valence-electron chi connectivity index (χ4n) is 4.68. The van der Waals surface area contributed by atoms with Crippen molar-refractivity contribution in [1.82, 2.24) is 9.55 Å². The van der Waals surface area contributed by atoms with Gasteiger partial charge in [-0.15, -0.1) is 0 Å². The molecule has 1 heterocycles. The molecular formula is C30H22Cl3N3. The Morgan fingerprint density at radius 3 is 1.67 bits per heavy atom. The van der Waals surface area contributed by atoms with Gasteiger partial charge in [0.05, 0.1) is 23.6 Å². The van der Waals surface area contributed by atoms with Crippen LogP contribution in [-0.4, -0.2) is 9.55 Å². The second kappa shape index (κ2) is 10.4. The number of halogens is 3. The van der Waals surface area contributed by atoms with Crippen molar-refractivity contribution in [1.29, 1.82) is 5.26 Å². The highest BCUT2D eigenvalue weighted by Crippen LogP contribution is 2.37. The molecule has 4 aromatic carbocycles. The molecule has 0 aliphatic rings. The summed E-state index contributed by atoms with van der Waals surface area (Å²) in [6, 6.07) is 33.6. The van der Waals surface area contributed by atoms with Crippen molar-refractivity contribution < 1.29 is 0 Å². The molecule has 36 heavy (non-hydrogen) atoms. The number of imidazole rings is 1. The Balaban J connectivity index is 1.75. The molecule has 0 radical (unpaired) electrons. The standard InChI is InChI=1S/C30H22Cl3N3/c31-24-12-4-1-9-21(24)17-30(20-34,18-22-10-2-5-13-25(22)32)29-35-27-15-7-8-16-28(27)36(29)19-23-11-3-6-14-26(23)33/h1-16H,17-19H2. The highest BCUT2D eigenvalue weighted by molar-refractivity contribution is 6.32. The van der Waals surface area contributed by atoms with Crippen LogP contribution in [0.25, 0.3) is 11.0 Å². The molecule has 0 saturated carbocycles. The number of nitrogens with zero attached hydrogens (tertiary/aromatic N) is 3. The summed E-state index contributed by atoms with van der Waals surface area (Å²) in [6.45, 7) is 0.476.